The van der Waals surface area contributed by atoms with Crippen molar-refractivity contribution in [2.45, 2.75) is 76.5 Å². The molecule has 2 aliphatic heterocycles. The molecule has 3 aromatic rings. The topological polar surface area (TPSA) is 175 Å². The van der Waals surface area contributed by atoms with E-state index < -0.39 is 23.3 Å². The zero-order chi connectivity index (χ0) is 36.1. The van der Waals surface area contributed by atoms with Crippen LogP contribution in [0.1, 0.15) is 88.4 Å². The van der Waals surface area contributed by atoms with Gasteiger partial charge in [0.05, 0.1) is 44.4 Å². The Morgan fingerprint density at radius 2 is 1.26 bits per heavy atom. The summed E-state index contributed by atoms with van der Waals surface area (Å²) in [6.45, 7) is 7.73. The highest BCUT2D eigenvalue weighted by Crippen LogP contribution is 2.34. The Hall–Kier alpha value is -5.76. The van der Waals surface area contributed by atoms with Gasteiger partial charge in [-0.15, -0.1) is 0 Å². The molecule has 4 heterocycles. The molecule has 0 aliphatic carbocycles. The maximum absolute atomic E-state index is 13.3. The van der Waals surface area contributed by atoms with Gasteiger partial charge in [-0.3, -0.25) is 9.59 Å². The predicted octanol–water partition coefficient (Wildman–Crippen LogP) is 3.80. The lowest BCUT2D eigenvalue weighted by Crippen LogP contribution is -2.55. The molecule has 2 aromatic heterocycles. The molecule has 0 spiro atoms. The number of benzene rings is 1. The van der Waals surface area contributed by atoms with Crippen LogP contribution in [0.3, 0.4) is 0 Å². The van der Waals surface area contributed by atoms with Gasteiger partial charge in [0, 0.05) is 18.7 Å². The molecule has 5 rings (SSSR count). The fourth-order valence-electron chi connectivity index (χ4n) is 6.18. The average molecular weight is 683 g/mol. The summed E-state index contributed by atoms with van der Waals surface area (Å²) >= 11 is 0. The van der Waals surface area contributed by atoms with Crippen LogP contribution in [-0.2, 0) is 19.1 Å². The van der Waals surface area contributed by atoms with E-state index in [1.807, 2.05) is 24.3 Å². The number of alkyl carbamates (subject to hydrolysis) is 2. The fourth-order valence-corrected chi connectivity index (χ4v) is 6.18. The van der Waals surface area contributed by atoms with E-state index in [4.69, 9.17) is 0 Å². The van der Waals surface area contributed by atoms with E-state index in [9.17, 15) is 19.2 Å². The number of hydrogen-bond donors (Lipinski definition) is 4. The number of aromatic amines is 2. The number of carbonyl (C=O) groups excluding carboxylic acids is 4. The monoisotopic (exact) mass is 682 g/mol. The zero-order valence-electron chi connectivity index (χ0n) is 29.1. The number of nitrogens with one attached hydrogen (secondary N) is 4. The second kappa shape index (κ2) is 14.8. The summed E-state index contributed by atoms with van der Waals surface area (Å²) in [5.74, 6) is 12.7. The molecule has 50 heavy (non-hydrogen) atoms. The largest absolute Gasteiger partial charge is 0.453 e. The van der Waals surface area contributed by atoms with E-state index in [-0.39, 0.29) is 23.9 Å². The molecule has 4 amide bonds. The Bertz CT molecular complexity index is 1870. The van der Waals surface area contributed by atoms with Crippen LogP contribution in [-0.4, -0.2) is 92.1 Å². The second-order valence-corrected chi connectivity index (χ2v) is 13.2. The Morgan fingerprint density at radius 1 is 0.760 bits per heavy atom. The minimum absolute atomic E-state index is 0.203. The van der Waals surface area contributed by atoms with Gasteiger partial charge in [0.15, 0.2) is 0 Å². The highest BCUT2D eigenvalue weighted by molar-refractivity contribution is 5.90. The van der Waals surface area contributed by atoms with Gasteiger partial charge >= 0.3 is 12.2 Å². The first-order valence-corrected chi connectivity index (χ1v) is 16.4. The molecule has 0 unspecified atom stereocenters. The fraction of sp³-hybridized carbons (Fsp3) is 0.444. The third kappa shape index (κ3) is 7.92. The Balaban J connectivity index is 1.20. The van der Waals surface area contributed by atoms with E-state index in [2.05, 4.69) is 63.7 Å². The third-order valence-electron chi connectivity index (χ3n) is 8.78. The highest BCUT2D eigenvalue weighted by atomic mass is 16.5. The van der Waals surface area contributed by atoms with Crippen LogP contribution in [0.5, 0.6) is 0 Å². The first-order chi connectivity index (χ1) is 23.8. The summed E-state index contributed by atoms with van der Waals surface area (Å²) in [5.41, 5.74) is 0.825. The number of amides is 4. The summed E-state index contributed by atoms with van der Waals surface area (Å²) in [6, 6.07) is 7.18. The van der Waals surface area contributed by atoms with Gasteiger partial charge in [-0.2, -0.15) is 0 Å². The van der Waals surface area contributed by atoms with E-state index in [0.29, 0.717) is 30.4 Å². The molecule has 262 valence electrons. The molecular formula is C36H42N8O6. The lowest BCUT2D eigenvalue weighted by Gasteiger charge is -2.32. The van der Waals surface area contributed by atoms with Crippen molar-refractivity contribution >= 4 is 24.0 Å². The second-order valence-electron chi connectivity index (χ2n) is 13.2. The molecule has 0 saturated carbocycles. The van der Waals surface area contributed by atoms with E-state index in [1.165, 1.54) is 14.2 Å². The third-order valence-corrected chi connectivity index (χ3v) is 8.78. The summed E-state index contributed by atoms with van der Waals surface area (Å²) < 4.78 is 9.35. The van der Waals surface area contributed by atoms with Crippen LogP contribution in [0.15, 0.2) is 36.7 Å². The molecule has 2 saturated heterocycles. The minimum Gasteiger partial charge on any atom is -0.453 e. The van der Waals surface area contributed by atoms with E-state index >= 15 is 0 Å². The molecule has 4 N–H and O–H groups in total. The maximum atomic E-state index is 13.3. The molecular weight excluding hydrogens is 640 g/mol. The Kier molecular flexibility index (Phi) is 10.5. The summed E-state index contributed by atoms with van der Waals surface area (Å²) in [4.78, 5) is 69.2. The van der Waals surface area contributed by atoms with Crippen molar-refractivity contribution < 1.29 is 28.7 Å². The van der Waals surface area contributed by atoms with Crippen LogP contribution >= 0.6 is 0 Å². The van der Waals surface area contributed by atoms with E-state index in [1.54, 1.807) is 49.9 Å². The number of rotatable bonds is 7. The van der Waals surface area contributed by atoms with Crippen LogP contribution < -0.4 is 10.6 Å². The number of nitrogens with zero attached hydrogens (tertiary/aromatic N) is 4. The SMILES string of the molecule is COC(=O)NC(C)(C)C(=O)N1CCC[C@H]1c1ncc(C#CC#Cc2ccc(-c3cnc([C@@H]4CCCN4C(=O)C(C)(C)NC(=O)OC)[nH]3)cc2)[nH]1. The van der Waals surface area contributed by atoms with Crippen molar-refractivity contribution in [2.24, 2.45) is 0 Å². The van der Waals surface area contributed by atoms with Crippen molar-refractivity contribution in [1.82, 2.24) is 40.4 Å². The lowest BCUT2D eigenvalue weighted by atomic mass is 10.0. The lowest BCUT2D eigenvalue weighted by molar-refractivity contribution is -0.138. The number of aromatic nitrogens is 4. The van der Waals surface area contributed by atoms with Crippen LogP contribution in [0.4, 0.5) is 9.59 Å². The Labute approximate surface area is 291 Å². The quantitative estimate of drug-likeness (QED) is 0.272. The molecule has 14 nitrogen and oxygen atoms in total. The van der Waals surface area contributed by atoms with Gasteiger partial charge in [0.1, 0.15) is 28.4 Å². The molecule has 2 aliphatic rings. The first kappa shape index (κ1) is 35.5. The summed E-state index contributed by atoms with van der Waals surface area (Å²) in [5, 5.41) is 5.21. The standard InChI is InChI=1S/C36H42N8O6/c1-35(2,41-33(47)49-5)31(45)43-19-9-13-27(43)29-37-21-25(39-29)12-8-7-11-23-15-17-24(18-16-23)26-22-38-30(40-26)28-14-10-20-44(28)32(46)36(3,4)42-34(48)50-6/h15-18,21-22,27-28H,9-10,13-14,19-20H2,1-6H3,(H,37,39)(H,38,40)(H,41,47)(H,42,48)/t27-,28-/m0/s1. The number of ether oxygens (including phenoxy) is 2. The smallest absolute Gasteiger partial charge is 0.407 e. The first-order valence-electron chi connectivity index (χ1n) is 16.4. The number of methoxy groups -OCH3 is 2. The summed E-state index contributed by atoms with van der Waals surface area (Å²) in [7, 11) is 2.52. The van der Waals surface area contributed by atoms with Gasteiger partial charge in [0.25, 0.3) is 0 Å². The minimum atomic E-state index is -1.14. The van der Waals surface area contributed by atoms with Crippen LogP contribution in [0.25, 0.3) is 11.3 Å². The molecule has 2 atom stereocenters. The van der Waals surface area contributed by atoms with Crippen molar-refractivity contribution in [3.63, 3.8) is 0 Å². The predicted molar refractivity (Wildman–Crippen MR) is 183 cm³/mol. The van der Waals surface area contributed by atoms with Gasteiger partial charge < -0.3 is 39.9 Å². The van der Waals surface area contributed by atoms with Crippen LogP contribution in [0, 0.1) is 23.7 Å². The average Bonchev–Trinajstić information content (AvgIpc) is 3.92. The van der Waals surface area contributed by atoms with Gasteiger partial charge in [-0.05, 0) is 88.8 Å². The normalized spacial score (nSPS) is 17.2. The highest BCUT2D eigenvalue weighted by Gasteiger charge is 2.42. The number of hydrogen-bond acceptors (Lipinski definition) is 8. The van der Waals surface area contributed by atoms with Crippen molar-refractivity contribution in [3.05, 3.63) is 59.6 Å². The van der Waals surface area contributed by atoms with Gasteiger partial charge in [-0.25, -0.2) is 19.6 Å². The van der Waals surface area contributed by atoms with Crippen molar-refractivity contribution in [1.29, 1.82) is 0 Å². The summed E-state index contributed by atoms with van der Waals surface area (Å²) in [6.07, 6.45) is 5.18. The van der Waals surface area contributed by atoms with Crippen LogP contribution in [0.2, 0.25) is 0 Å². The van der Waals surface area contributed by atoms with Gasteiger partial charge in [0.2, 0.25) is 11.8 Å². The number of carbonyl (C=O) groups is 4. The van der Waals surface area contributed by atoms with Crippen molar-refractivity contribution in [3.8, 4) is 34.9 Å². The molecule has 1 aromatic carbocycles. The van der Waals surface area contributed by atoms with Crippen molar-refractivity contribution in [2.75, 3.05) is 27.3 Å². The molecule has 0 radical (unpaired) electrons. The number of likely N-dealkylation sites (tertiary alicyclic amines) is 2. The number of imidazole rings is 2. The number of H-pyrrole nitrogens is 2. The van der Waals surface area contributed by atoms with Gasteiger partial charge in [-0.1, -0.05) is 18.1 Å². The molecule has 14 heteroatoms. The molecule has 2 fully saturated rings. The Morgan fingerprint density at radius 3 is 1.80 bits per heavy atom. The maximum Gasteiger partial charge on any atom is 0.407 e. The zero-order valence-corrected chi connectivity index (χ0v) is 29.1. The molecule has 0 bridgehead atoms. The van der Waals surface area contributed by atoms with E-state index in [0.717, 1.165) is 42.5 Å².